The third-order valence-corrected chi connectivity index (χ3v) is 1.57. The molecule has 0 atom stereocenters. The van der Waals surface area contributed by atoms with E-state index in [2.05, 4.69) is 15.4 Å². The van der Waals surface area contributed by atoms with Crippen LogP contribution >= 0.6 is 0 Å². The number of carbonyl (C=O) groups excluding carboxylic acids is 1. The monoisotopic (exact) mass is 192 g/mol. The Kier molecular flexibility index (Phi) is 3.60. The molecular formula is C9H12N4O. The fourth-order valence-electron chi connectivity index (χ4n) is 0.820. The lowest BCUT2D eigenvalue weighted by molar-refractivity contribution is 0.213. The van der Waals surface area contributed by atoms with Gasteiger partial charge in [0.2, 0.25) is 0 Å². The van der Waals surface area contributed by atoms with Gasteiger partial charge in [0.25, 0.3) is 0 Å². The quantitative estimate of drug-likeness (QED) is 0.553. The number of nitrogens with zero attached hydrogens (tertiary/aromatic N) is 3. The minimum atomic E-state index is -0.259. The molecule has 1 heterocycles. The zero-order valence-corrected chi connectivity index (χ0v) is 8.14. The maximum absolute atomic E-state index is 11.0. The second-order valence-corrected chi connectivity index (χ2v) is 2.61. The molecule has 0 unspecified atom stereocenters. The van der Waals surface area contributed by atoms with Gasteiger partial charge < -0.3 is 5.32 Å². The number of rotatable bonds is 2. The summed E-state index contributed by atoms with van der Waals surface area (Å²) in [6.45, 7) is 0. The van der Waals surface area contributed by atoms with Crippen molar-refractivity contribution >= 4 is 12.2 Å². The first kappa shape index (κ1) is 10.2. The van der Waals surface area contributed by atoms with E-state index < -0.39 is 0 Å². The summed E-state index contributed by atoms with van der Waals surface area (Å²) in [4.78, 5) is 14.9. The van der Waals surface area contributed by atoms with E-state index in [0.717, 1.165) is 5.56 Å². The van der Waals surface area contributed by atoms with Crippen molar-refractivity contribution in [3.05, 3.63) is 30.1 Å². The van der Waals surface area contributed by atoms with E-state index in [1.54, 1.807) is 38.8 Å². The van der Waals surface area contributed by atoms with Crippen LogP contribution in [-0.2, 0) is 0 Å². The van der Waals surface area contributed by atoms with Gasteiger partial charge in [0.05, 0.1) is 6.21 Å². The number of aromatic nitrogens is 1. The molecule has 0 saturated heterocycles. The van der Waals surface area contributed by atoms with Gasteiger partial charge >= 0.3 is 6.03 Å². The van der Waals surface area contributed by atoms with Crippen LogP contribution in [0.2, 0.25) is 0 Å². The van der Waals surface area contributed by atoms with Crippen LogP contribution in [0.15, 0.2) is 29.6 Å². The maximum atomic E-state index is 11.0. The van der Waals surface area contributed by atoms with Gasteiger partial charge in [-0.25, -0.2) is 9.80 Å². The van der Waals surface area contributed by atoms with Crippen molar-refractivity contribution in [1.82, 2.24) is 15.3 Å². The average molecular weight is 192 g/mol. The van der Waals surface area contributed by atoms with Crippen LogP contribution in [0.3, 0.4) is 0 Å². The van der Waals surface area contributed by atoms with E-state index >= 15 is 0 Å². The number of carbonyl (C=O) groups is 1. The Morgan fingerprint density at radius 2 is 2.50 bits per heavy atom. The van der Waals surface area contributed by atoms with E-state index in [0.29, 0.717) is 0 Å². The topological polar surface area (TPSA) is 57.6 Å². The molecule has 0 saturated carbocycles. The van der Waals surface area contributed by atoms with Crippen molar-refractivity contribution < 1.29 is 4.79 Å². The molecule has 0 aliphatic heterocycles. The molecule has 0 bridgehead atoms. The molecule has 1 rings (SSSR count). The van der Waals surface area contributed by atoms with Crippen molar-refractivity contribution in [2.24, 2.45) is 5.10 Å². The van der Waals surface area contributed by atoms with Crippen molar-refractivity contribution in [2.75, 3.05) is 14.1 Å². The molecule has 14 heavy (non-hydrogen) atoms. The second kappa shape index (κ2) is 4.96. The van der Waals surface area contributed by atoms with E-state index in [1.807, 2.05) is 6.07 Å². The average Bonchev–Trinajstić information content (AvgIpc) is 2.26. The number of hydrogen-bond donors (Lipinski definition) is 1. The predicted octanol–water partition coefficient (Wildman–Crippen LogP) is 0.687. The summed E-state index contributed by atoms with van der Waals surface area (Å²) >= 11 is 0. The van der Waals surface area contributed by atoms with Gasteiger partial charge in [-0.1, -0.05) is 6.07 Å². The number of pyridine rings is 1. The van der Waals surface area contributed by atoms with Crippen LogP contribution in [0.5, 0.6) is 0 Å². The third kappa shape index (κ3) is 2.85. The summed E-state index contributed by atoms with van der Waals surface area (Å²) in [7, 11) is 3.13. The highest BCUT2D eigenvalue weighted by Crippen LogP contribution is 1.92. The molecule has 0 aromatic carbocycles. The lowest BCUT2D eigenvalue weighted by Gasteiger charge is -2.08. The first-order chi connectivity index (χ1) is 6.74. The smallest absolute Gasteiger partial charge is 0.337 e. The molecular weight excluding hydrogens is 180 g/mol. The van der Waals surface area contributed by atoms with Gasteiger partial charge in [-0.3, -0.25) is 4.98 Å². The highest BCUT2D eigenvalue weighted by atomic mass is 16.2. The number of nitrogens with one attached hydrogen (secondary N) is 1. The normalized spacial score (nSPS) is 10.1. The molecule has 1 aromatic heterocycles. The standard InChI is InChI=1S/C9H12N4O/c1-10-9(14)13(2)12-7-8-4-3-5-11-6-8/h3-7H,1-2H3,(H,10,14)/b12-7+. The van der Waals surface area contributed by atoms with Crippen molar-refractivity contribution in [3.8, 4) is 0 Å². The molecule has 0 radical (unpaired) electrons. The van der Waals surface area contributed by atoms with Gasteiger partial charge in [0, 0.05) is 32.1 Å². The zero-order chi connectivity index (χ0) is 10.4. The number of urea groups is 1. The molecule has 0 aliphatic carbocycles. The molecule has 74 valence electrons. The number of hydrogen-bond acceptors (Lipinski definition) is 3. The van der Waals surface area contributed by atoms with Gasteiger partial charge in [-0.15, -0.1) is 0 Å². The first-order valence-corrected chi connectivity index (χ1v) is 4.13. The Morgan fingerprint density at radius 1 is 1.71 bits per heavy atom. The van der Waals surface area contributed by atoms with Crippen molar-refractivity contribution in [3.63, 3.8) is 0 Å². The molecule has 0 aliphatic rings. The fourth-order valence-corrected chi connectivity index (χ4v) is 0.820. The zero-order valence-electron chi connectivity index (χ0n) is 8.14. The first-order valence-electron chi connectivity index (χ1n) is 4.13. The highest BCUT2D eigenvalue weighted by Gasteiger charge is 2.00. The lowest BCUT2D eigenvalue weighted by atomic mass is 10.3. The van der Waals surface area contributed by atoms with E-state index in [-0.39, 0.29) is 6.03 Å². The van der Waals surface area contributed by atoms with Gasteiger partial charge in [0.1, 0.15) is 0 Å². The van der Waals surface area contributed by atoms with Gasteiger partial charge in [-0.05, 0) is 6.07 Å². The second-order valence-electron chi connectivity index (χ2n) is 2.61. The highest BCUT2D eigenvalue weighted by molar-refractivity contribution is 5.81. The molecule has 1 aromatic rings. The fraction of sp³-hybridized carbons (Fsp3) is 0.222. The molecule has 0 fully saturated rings. The Bertz CT molecular complexity index is 323. The van der Waals surface area contributed by atoms with Gasteiger partial charge in [-0.2, -0.15) is 5.10 Å². The van der Waals surface area contributed by atoms with Crippen LogP contribution < -0.4 is 5.32 Å². The maximum Gasteiger partial charge on any atom is 0.337 e. The minimum absolute atomic E-state index is 0.259. The predicted molar refractivity (Wildman–Crippen MR) is 54.0 cm³/mol. The summed E-state index contributed by atoms with van der Waals surface area (Å²) in [5.74, 6) is 0. The van der Waals surface area contributed by atoms with E-state index in [4.69, 9.17) is 0 Å². The Balaban J connectivity index is 2.60. The minimum Gasteiger partial charge on any atom is -0.340 e. The Hall–Kier alpha value is -1.91. The lowest BCUT2D eigenvalue weighted by Crippen LogP contribution is -2.30. The van der Waals surface area contributed by atoms with Crippen LogP contribution in [0.25, 0.3) is 0 Å². The summed E-state index contributed by atoms with van der Waals surface area (Å²) in [6, 6.07) is 3.40. The van der Waals surface area contributed by atoms with Crippen molar-refractivity contribution in [2.45, 2.75) is 0 Å². The molecule has 0 spiro atoms. The SMILES string of the molecule is CNC(=O)N(C)/N=C/c1cccnc1. The molecule has 2 amide bonds. The van der Waals surface area contributed by atoms with E-state index in [9.17, 15) is 4.79 Å². The molecule has 1 N–H and O–H groups in total. The summed E-state index contributed by atoms with van der Waals surface area (Å²) in [5, 5.41) is 7.60. The summed E-state index contributed by atoms with van der Waals surface area (Å²) in [5.41, 5.74) is 0.850. The van der Waals surface area contributed by atoms with Crippen LogP contribution in [0, 0.1) is 0 Å². The Morgan fingerprint density at radius 3 is 3.07 bits per heavy atom. The summed E-state index contributed by atoms with van der Waals surface area (Å²) < 4.78 is 0. The largest absolute Gasteiger partial charge is 0.340 e. The molecule has 5 nitrogen and oxygen atoms in total. The number of hydrazone groups is 1. The van der Waals surface area contributed by atoms with Crippen LogP contribution in [0.1, 0.15) is 5.56 Å². The van der Waals surface area contributed by atoms with Crippen LogP contribution in [0.4, 0.5) is 4.79 Å². The Labute approximate surface area is 82.4 Å². The van der Waals surface area contributed by atoms with Gasteiger partial charge in [0.15, 0.2) is 0 Å². The number of amides is 2. The summed E-state index contributed by atoms with van der Waals surface area (Å²) in [6.07, 6.45) is 4.92. The third-order valence-electron chi connectivity index (χ3n) is 1.57. The van der Waals surface area contributed by atoms with Crippen LogP contribution in [-0.4, -0.2) is 36.3 Å². The van der Waals surface area contributed by atoms with E-state index in [1.165, 1.54) is 5.01 Å². The molecule has 5 heteroatoms. The van der Waals surface area contributed by atoms with Crippen molar-refractivity contribution in [1.29, 1.82) is 0 Å².